The molecule has 2 aliphatic rings. The molecule has 0 saturated heterocycles. The van der Waals surface area contributed by atoms with Crippen LogP contribution in [0.2, 0.25) is 0 Å². The first-order valence-electron chi connectivity index (χ1n) is 6.26. The van der Waals surface area contributed by atoms with E-state index in [1.165, 1.54) is 0 Å². The fraction of sp³-hybridized carbons (Fsp3) is 0.538. The van der Waals surface area contributed by atoms with E-state index in [4.69, 9.17) is 10.5 Å². The summed E-state index contributed by atoms with van der Waals surface area (Å²) in [4.78, 5) is 23.8. The third-order valence-electron chi connectivity index (χ3n) is 3.39. The minimum absolute atomic E-state index is 0.102. The molecule has 0 aromatic carbocycles. The number of nitrogens with two attached hydrogens (primary N) is 1. The summed E-state index contributed by atoms with van der Waals surface area (Å²) >= 11 is 0. The van der Waals surface area contributed by atoms with Gasteiger partial charge < -0.3 is 15.8 Å². The van der Waals surface area contributed by atoms with Gasteiger partial charge in [-0.05, 0) is 19.8 Å². The Hall–Kier alpha value is -1.78. The monoisotopic (exact) mass is 250 g/mol. The molecule has 1 unspecified atom stereocenters. The van der Waals surface area contributed by atoms with Gasteiger partial charge in [-0.2, -0.15) is 0 Å². The van der Waals surface area contributed by atoms with E-state index in [-0.39, 0.29) is 11.7 Å². The summed E-state index contributed by atoms with van der Waals surface area (Å²) in [7, 11) is 0. The zero-order valence-corrected chi connectivity index (χ0v) is 10.7. The molecule has 2 rings (SSSR count). The SMILES string of the molecule is CCOC(=O)C1=C(N)NC2=C(C(=O)CCC2)C1C. The van der Waals surface area contributed by atoms with Crippen molar-refractivity contribution in [2.75, 3.05) is 6.61 Å². The molecule has 1 aliphatic heterocycles. The molecule has 1 heterocycles. The lowest BCUT2D eigenvalue weighted by molar-refractivity contribution is -0.139. The number of hydrogen-bond acceptors (Lipinski definition) is 5. The molecular formula is C13H18N2O3. The Labute approximate surface area is 106 Å². The maximum atomic E-state index is 12.0. The van der Waals surface area contributed by atoms with E-state index in [0.717, 1.165) is 18.5 Å². The number of hydrogen-bond donors (Lipinski definition) is 2. The summed E-state index contributed by atoms with van der Waals surface area (Å²) < 4.78 is 4.99. The minimum Gasteiger partial charge on any atom is -0.463 e. The Morgan fingerprint density at radius 1 is 1.50 bits per heavy atom. The number of carbonyl (C=O) groups excluding carboxylic acids is 2. The lowest BCUT2D eigenvalue weighted by atomic mass is 9.80. The van der Waals surface area contributed by atoms with E-state index in [1.807, 2.05) is 6.92 Å². The van der Waals surface area contributed by atoms with E-state index in [0.29, 0.717) is 30.0 Å². The van der Waals surface area contributed by atoms with E-state index in [2.05, 4.69) is 5.32 Å². The zero-order chi connectivity index (χ0) is 13.3. The third-order valence-corrected chi connectivity index (χ3v) is 3.39. The molecule has 18 heavy (non-hydrogen) atoms. The number of carbonyl (C=O) groups is 2. The summed E-state index contributed by atoms with van der Waals surface area (Å²) in [5, 5.41) is 2.98. The van der Waals surface area contributed by atoms with Gasteiger partial charge in [0.1, 0.15) is 5.82 Å². The van der Waals surface area contributed by atoms with Gasteiger partial charge in [0.25, 0.3) is 0 Å². The summed E-state index contributed by atoms with van der Waals surface area (Å²) in [5.41, 5.74) is 7.80. The topological polar surface area (TPSA) is 81.4 Å². The molecule has 98 valence electrons. The van der Waals surface area contributed by atoms with Crippen LogP contribution in [0.4, 0.5) is 0 Å². The molecule has 5 nitrogen and oxygen atoms in total. The van der Waals surface area contributed by atoms with Crippen LogP contribution in [0.1, 0.15) is 33.1 Å². The van der Waals surface area contributed by atoms with Crippen LogP contribution < -0.4 is 11.1 Å². The first-order chi connectivity index (χ1) is 8.56. The van der Waals surface area contributed by atoms with Crippen molar-refractivity contribution in [2.24, 2.45) is 11.7 Å². The van der Waals surface area contributed by atoms with Crippen LogP contribution in [-0.4, -0.2) is 18.4 Å². The minimum atomic E-state index is -0.445. The number of Topliss-reactive ketones (excluding diaryl/α,β-unsaturated/α-hetero) is 1. The Balaban J connectivity index is 2.34. The average molecular weight is 250 g/mol. The van der Waals surface area contributed by atoms with Crippen LogP contribution in [0.3, 0.4) is 0 Å². The summed E-state index contributed by atoms with van der Waals surface area (Å²) in [6, 6.07) is 0. The van der Waals surface area contributed by atoms with Crippen LogP contribution in [0.15, 0.2) is 22.7 Å². The first-order valence-corrected chi connectivity index (χ1v) is 6.26. The van der Waals surface area contributed by atoms with E-state index in [9.17, 15) is 9.59 Å². The summed E-state index contributed by atoms with van der Waals surface area (Å²) in [6.45, 7) is 3.87. The normalized spacial score (nSPS) is 23.7. The highest BCUT2D eigenvalue weighted by Gasteiger charge is 2.35. The second-order valence-electron chi connectivity index (χ2n) is 4.56. The molecule has 0 aromatic heterocycles. The number of allylic oxidation sites excluding steroid dienone is 2. The Morgan fingerprint density at radius 3 is 2.89 bits per heavy atom. The highest BCUT2D eigenvalue weighted by molar-refractivity contribution is 6.01. The Kier molecular flexibility index (Phi) is 3.41. The van der Waals surface area contributed by atoms with Gasteiger partial charge in [0.15, 0.2) is 5.78 Å². The molecule has 0 bridgehead atoms. The van der Waals surface area contributed by atoms with Crippen molar-refractivity contribution in [1.82, 2.24) is 5.32 Å². The van der Waals surface area contributed by atoms with Gasteiger partial charge in [-0.3, -0.25) is 4.79 Å². The molecule has 0 fully saturated rings. The van der Waals surface area contributed by atoms with Crippen molar-refractivity contribution < 1.29 is 14.3 Å². The molecule has 0 amide bonds. The van der Waals surface area contributed by atoms with Crippen molar-refractivity contribution >= 4 is 11.8 Å². The van der Waals surface area contributed by atoms with Gasteiger partial charge in [-0.15, -0.1) is 0 Å². The highest BCUT2D eigenvalue weighted by atomic mass is 16.5. The van der Waals surface area contributed by atoms with E-state index < -0.39 is 5.97 Å². The number of ketones is 1. The van der Waals surface area contributed by atoms with Gasteiger partial charge >= 0.3 is 5.97 Å². The predicted molar refractivity (Wildman–Crippen MR) is 66.0 cm³/mol. The Morgan fingerprint density at radius 2 is 2.22 bits per heavy atom. The fourth-order valence-electron chi connectivity index (χ4n) is 2.60. The summed E-state index contributed by atoms with van der Waals surface area (Å²) in [5.74, 6) is -0.312. The molecule has 0 saturated carbocycles. The quantitative estimate of drug-likeness (QED) is 0.714. The predicted octanol–water partition coefficient (Wildman–Crippen LogP) is 0.966. The first kappa shape index (κ1) is 12.7. The molecule has 5 heteroatoms. The van der Waals surface area contributed by atoms with Crippen LogP contribution in [0, 0.1) is 5.92 Å². The largest absolute Gasteiger partial charge is 0.463 e. The van der Waals surface area contributed by atoms with Gasteiger partial charge in [0.05, 0.1) is 12.2 Å². The number of nitrogens with one attached hydrogen (secondary N) is 1. The number of esters is 1. The molecular weight excluding hydrogens is 232 g/mol. The molecule has 1 aliphatic carbocycles. The highest BCUT2D eigenvalue weighted by Crippen LogP contribution is 2.34. The molecule has 0 aromatic rings. The maximum Gasteiger partial charge on any atom is 0.338 e. The second kappa shape index (κ2) is 4.84. The fourth-order valence-corrected chi connectivity index (χ4v) is 2.60. The van der Waals surface area contributed by atoms with Gasteiger partial charge in [0, 0.05) is 23.6 Å². The van der Waals surface area contributed by atoms with Crippen LogP contribution in [-0.2, 0) is 14.3 Å². The van der Waals surface area contributed by atoms with Gasteiger partial charge in [-0.1, -0.05) is 6.92 Å². The van der Waals surface area contributed by atoms with Crippen molar-refractivity contribution in [3.8, 4) is 0 Å². The second-order valence-corrected chi connectivity index (χ2v) is 4.56. The van der Waals surface area contributed by atoms with Crippen molar-refractivity contribution in [3.05, 3.63) is 22.7 Å². The lowest BCUT2D eigenvalue weighted by Crippen LogP contribution is -2.37. The van der Waals surface area contributed by atoms with Crippen molar-refractivity contribution in [3.63, 3.8) is 0 Å². The lowest BCUT2D eigenvalue weighted by Gasteiger charge is -2.31. The molecule has 0 spiro atoms. The number of dihydropyridines is 1. The van der Waals surface area contributed by atoms with Crippen molar-refractivity contribution in [2.45, 2.75) is 33.1 Å². The molecule has 3 N–H and O–H groups in total. The van der Waals surface area contributed by atoms with Crippen LogP contribution in [0.5, 0.6) is 0 Å². The van der Waals surface area contributed by atoms with Crippen LogP contribution >= 0.6 is 0 Å². The van der Waals surface area contributed by atoms with E-state index in [1.54, 1.807) is 6.92 Å². The van der Waals surface area contributed by atoms with Crippen LogP contribution in [0.25, 0.3) is 0 Å². The average Bonchev–Trinajstić information content (AvgIpc) is 2.28. The van der Waals surface area contributed by atoms with Gasteiger partial charge in [-0.25, -0.2) is 4.79 Å². The number of rotatable bonds is 2. The molecule has 0 radical (unpaired) electrons. The third kappa shape index (κ3) is 2.00. The zero-order valence-electron chi connectivity index (χ0n) is 10.7. The molecule has 1 atom stereocenters. The standard InChI is InChI=1S/C13H18N2O3/c1-3-18-13(17)11-7(2)10-8(15-12(11)14)5-4-6-9(10)16/h7,15H,3-6,14H2,1-2H3. The smallest absolute Gasteiger partial charge is 0.338 e. The Bertz CT molecular complexity index is 463. The maximum absolute atomic E-state index is 12.0. The van der Waals surface area contributed by atoms with Gasteiger partial charge in [0.2, 0.25) is 0 Å². The number of ether oxygens (including phenoxy) is 1. The van der Waals surface area contributed by atoms with Crippen molar-refractivity contribution in [1.29, 1.82) is 0 Å². The van der Waals surface area contributed by atoms with E-state index >= 15 is 0 Å². The summed E-state index contributed by atoms with van der Waals surface area (Å²) in [6.07, 6.45) is 2.18.